The Morgan fingerprint density at radius 1 is 1.50 bits per heavy atom. The third-order valence-electron chi connectivity index (χ3n) is 2.62. The molecule has 0 heterocycles. The maximum Gasteiger partial charge on any atom is 0.220 e. The molecular weight excluding hydrogens is 252 g/mol. The molecule has 1 amide bonds. The summed E-state index contributed by atoms with van der Waals surface area (Å²) in [7, 11) is 0. The number of rotatable bonds is 7. The highest BCUT2D eigenvalue weighted by Gasteiger charge is 2.06. The van der Waals surface area contributed by atoms with Crippen LogP contribution in [0.15, 0.2) is 18.2 Å². The average Bonchev–Trinajstić information content (AvgIpc) is 2.31. The quantitative estimate of drug-likeness (QED) is 0.794. The number of carbonyl (C=O) groups is 1. The first-order chi connectivity index (χ1) is 8.52. The van der Waals surface area contributed by atoms with Crippen LogP contribution in [0.5, 0.6) is 5.75 Å². The molecule has 0 aromatic heterocycles. The number of primary amides is 1. The van der Waals surface area contributed by atoms with E-state index >= 15 is 0 Å². The van der Waals surface area contributed by atoms with Crippen LogP contribution in [-0.2, 0) is 11.2 Å². The molecule has 0 saturated carbocycles. The van der Waals surface area contributed by atoms with Gasteiger partial charge in [0.05, 0.1) is 18.1 Å². The van der Waals surface area contributed by atoms with Gasteiger partial charge in [-0.2, -0.15) is 0 Å². The summed E-state index contributed by atoms with van der Waals surface area (Å²) < 4.78 is 5.37. The highest BCUT2D eigenvalue weighted by molar-refractivity contribution is 6.32. The normalized spacial score (nSPS) is 12.2. The van der Waals surface area contributed by atoms with Crippen LogP contribution >= 0.6 is 11.6 Å². The summed E-state index contributed by atoms with van der Waals surface area (Å²) in [4.78, 5) is 10.6. The molecule has 1 unspecified atom stereocenters. The third-order valence-corrected chi connectivity index (χ3v) is 2.92. The van der Waals surface area contributed by atoms with Crippen LogP contribution in [0.1, 0.15) is 25.3 Å². The fourth-order valence-electron chi connectivity index (χ4n) is 1.50. The third kappa shape index (κ3) is 4.94. The van der Waals surface area contributed by atoms with Crippen molar-refractivity contribution in [3.63, 3.8) is 0 Å². The molecule has 0 aliphatic carbocycles. The molecule has 100 valence electrons. The van der Waals surface area contributed by atoms with E-state index < -0.39 is 5.91 Å². The van der Waals surface area contributed by atoms with Crippen LogP contribution < -0.4 is 16.2 Å². The number of ether oxygens (including phenoxy) is 1. The first-order valence-electron chi connectivity index (χ1n) is 5.98. The van der Waals surface area contributed by atoms with Gasteiger partial charge in [-0.1, -0.05) is 24.6 Å². The van der Waals surface area contributed by atoms with E-state index in [1.165, 1.54) is 0 Å². The standard InChI is InChI=1S/C13H19ClN2O2/c1-2-10(15)7-9-3-4-12(11(14)8-9)18-6-5-13(16)17/h3-4,8,10H,2,5-7,15H2,1H3,(H2,16,17). The summed E-state index contributed by atoms with van der Waals surface area (Å²) in [6.07, 6.45) is 1.89. The molecule has 1 rings (SSSR count). The van der Waals surface area contributed by atoms with Gasteiger partial charge >= 0.3 is 0 Å². The Morgan fingerprint density at radius 3 is 2.78 bits per heavy atom. The second kappa shape index (κ2) is 7.24. The van der Waals surface area contributed by atoms with Crippen LogP contribution in [0.25, 0.3) is 0 Å². The lowest BCUT2D eigenvalue weighted by atomic mass is 10.0. The molecule has 4 nitrogen and oxygen atoms in total. The molecule has 1 aromatic rings. The van der Waals surface area contributed by atoms with Crippen molar-refractivity contribution in [3.8, 4) is 5.75 Å². The van der Waals surface area contributed by atoms with Crippen molar-refractivity contribution < 1.29 is 9.53 Å². The van der Waals surface area contributed by atoms with Gasteiger partial charge in [-0.25, -0.2) is 0 Å². The van der Waals surface area contributed by atoms with Crippen LogP contribution in [0.3, 0.4) is 0 Å². The van der Waals surface area contributed by atoms with Gasteiger partial charge in [0.2, 0.25) is 5.91 Å². The number of benzene rings is 1. The van der Waals surface area contributed by atoms with Gasteiger partial charge in [-0.15, -0.1) is 0 Å². The van der Waals surface area contributed by atoms with Crippen molar-refractivity contribution in [2.75, 3.05) is 6.61 Å². The van der Waals surface area contributed by atoms with Crippen LogP contribution in [0.4, 0.5) is 0 Å². The minimum Gasteiger partial charge on any atom is -0.491 e. The van der Waals surface area contributed by atoms with E-state index in [0.717, 1.165) is 18.4 Å². The van der Waals surface area contributed by atoms with Crippen LogP contribution in [-0.4, -0.2) is 18.6 Å². The summed E-state index contributed by atoms with van der Waals surface area (Å²) in [5, 5.41) is 0.528. The number of hydrogen-bond acceptors (Lipinski definition) is 3. The molecule has 0 radical (unpaired) electrons. The summed E-state index contributed by atoms with van der Waals surface area (Å²) >= 11 is 6.09. The molecule has 5 heteroatoms. The summed E-state index contributed by atoms with van der Waals surface area (Å²) in [5.74, 6) is 0.170. The predicted octanol–water partition coefficient (Wildman–Crippen LogP) is 1.87. The van der Waals surface area contributed by atoms with Crippen molar-refractivity contribution >= 4 is 17.5 Å². The summed E-state index contributed by atoms with van der Waals surface area (Å²) in [6, 6.07) is 5.71. The molecule has 1 aromatic carbocycles. The van der Waals surface area contributed by atoms with Gasteiger partial charge in [0.25, 0.3) is 0 Å². The van der Waals surface area contributed by atoms with Crippen molar-refractivity contribution in [1.29, 1.82) is 0 Å². The molecule has 0 saturated heterocycles. The molecule has 0 spiro atoms. The molecule has 4 N–H and O–H groups in total. The Bertz CT molecular complexity index is 410. The van der Waals surface area contributed by atoms with Crippen LogP contribution in [0.2, 0.25) is 5.02 Å². The lowest BCUT2D eigenvalue weighted by Gasteiger charge is -2.11. The fraction of sp³-hybridized carbons (Fsp3) is 0.462. The fourth-order valence-corrected chi connectivity index (χ4v) is 1.75. The second-order valence-electron chi connectivity index (χ2n) is 4.20. The molecule has 0 aliphatic rings. The topological polar surface area (TPSA) is 78.3 Å². The van der Waals surface area contributed by atoms with E-state index in [9.17, 15) is 4.79 Å². The Kier molecular flexibility index (Phi) is 5.95. The SMILES string of the molecule is CCC(N)Cc1ccc(OCCC(N)=O)c(Cl)c1. The zero-order chi connectivity index (χ0) is 13.5. The second-order valence-corrected chi connectivity index (χ2v) is 4.61. The highest BCUT2D eigenvalue weighted by Crippen LogP contribution is 2.26. The number of halogens is 1. The van der Waals surface area contributed by atoms with Gasteiger partial charge in [0, 0.05) is 6.04 Å². The Morgan fingerprint density at radius 2 is 2.22 bits per heavy atom. The highest BCUT2D eigenvalue weighted by atomic mass is 35.5. The average molecular weight is 271 g/mol. The van der Waals surface area contributed by atoms with Crippen LogP contribution in [0, 0.1) is 0 Å². The Hall–Kier alpha value is -1.26. The summed E-state index contributed by atoms with van der Waals surface area (Å²) in [5.41, 5.74) is 12.0. The van der Waals surface area contributed by atoms with Gasteiger partial charge in [-0.3, -0.25) is 4.79 Å². The number of carbonyl (C=O) groups excluding carboxylic acids is 1. The van der Waals surface area contributed by atoms with Crippen molar-refractivity contribution in [3.05, 3.63) is 28.8 Å². The monoisotopic (exact) mass is 270 g/mol. The van der Waals surface area contributed by atoms with Gasteiger partial charge in [0.15, 0.2) is 0 Å². The molecule has 1 atom stereocenters. The smallest absolute Gasteiger partial charge is 0.220 e. The first kappa shape index (κ1) is 14.8. The Balaban J connectivity index is 2.59. The zero-order valence-electron chi connectivity index (χ0n) is 10.5. The number of nitrogens with two attached hydrogens (primary N) is 2. The maximum absolute atomic E-state index is 10.6. The van der Waals surface area contributed by atoms with E-state index in [-0.39, 0.29) is 19.1 Å². The van der Waals surface area contributed by atoms with Gasteiger partial charge in [-0.05, 0) is 30.5 Å². The number of hydrogen-bond donors (Lipinski definition) is 2. The largest absolute Gasteiger partial charge is 0.491 e. The molecule has 0 fully saturated rings. The number of amides is 1. The van der Waals surface area contributed by atoms with E-state index in [1.54, 1.807) is 6.07 Å². The van der Waals surface area contributed by atoms with Crippen molar-refractivity contribution in [1.82, 2.24) is 0 Å². The van der Waals surface area contributed by atoms with Crippen molar-refractivity contribution in [2.24, 2.45) is 11.5 Å². The minimum absolute atomic E-state index is 0.141. The van der Waals surface area contributed by atoms with E-state index in [0.29, 0.717) is 10.8 Å². The Labute approximate surface area is 112 Å². The molecular formula is C13H19ClN2O2. The molecule has 0 bridgehead atoms. The lowest BCUT2D eigenvalue weighted by molar-refractivity contribution is -0.118. The maximum atomic E-state index is 10.6. The first-order valence-corrected chi connectivity index (χ1v) is 6.35. The van der Waals surface area contributed by atoms with Gasteiger partial charge < -0.3 is 16.2 Å². The van der Waals surface area contributed by atoms with E-state index in [1.807, 2.05) is 19.1 Å². The van der Waals surface area contributed by atoms with E-state index in [2.05, 4.69) is 0 Å². The van der Waals surface area contributed by atoms with Gasteiger partial charge in [0.1, 0.15) is 5.75 Å². The predicted molar refractivity (Wildman–Crippen MR) is 72.7 cm³/mol. The summed E-state index contributed by atoms with van der Waals surface area (Å²) in [6.45, 7) is 2.29. The van der Waals surface area contributed by atoms with E-state index in [4.69, 9.17) is 27.8 Å². The minimum atomic E-state index is -0.392. The lowest BCUT2D eigenvalue weighted by Crippen LogP contribution is -2.21. The zero-order valence-corrected chi connectivity index (χ0v) is 11.2. The molecule has 0 aliphatic heterocycles. The molecule has 18 heavy (non-hydrogen) atoms. The van der Waals surface area contributed by atoms with Crippen molar-refractivity contribution in [2.45, 2.75) is 32.2 Å².